The third-order valence-corrected chi connectivity index (χ3v) is 5.34. The van der Waals surface area contributed by atoms with E-state index in [1.165, 1.54) is 38.6 Å². The van der Waals surface area contributed by atoms with Gasteiger partial charge < -0.3 is 4.57 Å². The van der Waals surface area contributed by atoms with E-state index in [-0.39, 0.29) is 0 Å². The Hall–Kier alpha value is -2.84. The van der Waals surface area contributed by atoms with Crippen LogP contribution in [0.15, 0.2) is 102 Å². The van der Waals surface area contributed by atoms with E-state index >= 15 is 0 Å². The van der Waals surface area contributed by atoms with Gasteiger partial charge >= 0.3 is 0 Å². The van der Waals surface area contributed by atoms with Gasteiger partial charge in [-0.1, -0.05) is 76.6 Å². The summed E-state index contributed by atoms with van der Waals surface area (Å²) >= 11 is 3.58. The van der Waals surface area contributed by atoms with Crippen LogP contribution in [0.1, 0.15) is 0 Å². The molecule has 1 nitrogen and oxygen atoms in total. The molecule has 0 aliphatic rings. The van der Waals surface area contributed by atoms with E-state index in [1.807, 2.05) is 0 Å². The molecule has 124 valence electrons. The van der Waals surface area contributed by atoms with Crippen molar-refractivity contribution in [3.63, 3.8) is 0 Å². The molecule has 0 fully saturated rings. The minimum Gasteiger partial charge on any atom is -0.309 e. The minimum absolute atomic E-state index is 1.10. The van der Waals surface area contributed by atoms with Crippen LogP contribution >= 0.6 is 15.9 Å². The lowest BCUT2D eigenvalue weighted by molar-refractivity contribution is 1.18. The first-order valence-electron chi connectivity index (χ1n) is 8.66. The van der Waals surface area contributed by atoms with Crippen molar-refractivity contribution in [2.75, 3.05) is 0 Å². The summed E-state index contributed by atoms with van der Waals surface area (Å²) < 4.78 is 3.45. The number of hydrogen-bond donors (Lipinski definition) is 0. The van der Waals surface area contributed by atoms with Crippen molar-refractivity contribution in [2.24, 2.45) is 0 Å². The molecule has 0 aliphatic heterocycles. The molecule has 1 aromatic heterocycles. The molecular weight excluding hydrogens is 382 g/mol. The van der Waals surface area contributed by atoms with Crippen molar-refractivity contribution in [3.8, 4) is 16.8 Å². The van der Waals surface area contributed by atoms with Crippen molar-refractivity contribution in [1.29, 1.82) is 0 Å². The van der Waals surface area contributed by atoms with Crippen molar-refractivity contribution in [1.82, 2.24) is 4.57 Å². The highest BCUT2D eigenvalue weighted by Gasteiger charge is 2.12. The van der Waals surface area contributed by atoms with Gasteiger partial charge in [-0.15, -0.1) is 0 Å². The summed E-state index contributed by atoms with van der Waals surface area (Å²) in [6.07, 6.45) is 0. The number of hydrogen-bond acceptors (Lipinski definition) is 0. The summed E-state index contributed by atoms with van der Waals surface area (Å²) in [4.78, 5) is 0. The predicted molar refractivity (Wildman–Crippen MR) is 114 cm³/mol. The fourth-order valence-corrected chi connectivity index (χ4v) is 4.07. The normalized spacial score (nSPS) is 11.3. The second kappa shape index (κ2) is 6.15. The Kier molecular flexibility index (Phi) is 3.65. The Bertz CT molecular complexity index is 1240. The molecule has 0 saturated carbocycles. The standard InChI is InChI=1S/C24H16BrN/c25-19-8-6-7-17(15-19)18-13-14-22-21-11-4-5-12-23(21)26(24(22)16-18)20-9-2-1-3-10-20/h1-16H. The molecule has 2 heteroatoms. The quantitative estimate of drug-likeness (QED) is 0.296. The highest BCUT2D eigenvalue weighted by Crippen LogP contribution is 2.35. The van der Waals surface area contributed by atoms with E-state index in [9.17, 15) is 0 Å². The van der Waals surface area contributed by atoms with Gasteiger partial charge in [-0.05, 0) is 47.5 Å². The van der Waals surface area contributed by atoms with Gasteiger partial charge in [0.1, 0.15) is 0 Å². The second-order valence-electron chi connectivity index (χ2n) is 6.43. The molecule has 0 bridgehead atoms. The molecular formula is C24H16BrN. The number of aromatic nitrogens is 1. The first-order chi connectivity index (χ1) is 12.8. The van der Waals surface area contributed by atoms with Crippen LogP contribution in [-0.4, -0.2) is 4.57 Å². The molecule has 4 aromatic carbocycles. The van der Waals surface area contributed by atoms with Crippen LogP contribution in [0, 0.1) is 0 Å². The van der Waals surface area contributed by atoms with Crippen LogP contribution in [-0.2, 0) is 0 Å². The highest BCUT2D eigenvalue weighted by molar-refractivity contribution is 9.10. The van der Waals surface area contributed by atoms with Gasteiger partial charge in [0.15, 0.2) is 0 Å². The van der Waals surface area contributed by atoms with Crippen LogP contribution in [0.5, 0.6) is 0 Å². The van der Waals surface area contributed by atoms with Crippen LogP contribution in [0.4, 0.5) is 0 Å². The predicted octanol–water partition coefficient (Wildman–Crippen LogP) is 7.21. The first-order valence-corrected chi connectivity index (χ1v) is 9.45. The summed E-state index contributed by atoms with van der Waals surface area (Å²) in [5.41, 5.74) is 6.09. The summed E-state index contributed by atoms with van der Waals surface area (Å²) in [6, 6.07) is 34.4. The average Bonchev–Trinajstić information content (AvgIpc) is 3.02. The Morgan fingerprint density at radius 3 is 2.12 bits per heavy atom. The number of benzene rings is 4. The maximum atomic E-state index is 3.58. The molecule has 26 heavy (non-hydrogen) atoms. The number of para-hydroxylation sites is 2. The van der Waals surface area contributed by atoms with E-state index < -0.39 is 0 Å². The van der Waals surface area contributed by atoms with Crippen molar-refractivity contribution >= 4 is 37.7 Å². The largest absolute Gasteiger partial charge is 0.309 e. The number of nitrogens with zero attached hydrogens (tertiary/aromatic N) is 1. The maximum absolute atomic E-state index is 3.58. The Labute approximate surface area is 160 Å². The molecule has 5 rings (SSSR count). The fourth-order valence-electron chi connectivity index (χ4n) is 3.67. The molecule has 0 spiro atoms. The molecule has 0 atom stereocenters. The summed E-state index contributed by atoms with van der Waals surface area (Å²) in [7, 11) is 0. The SMILES string of the molecule is Brc1cccc(-c2ccc3c4ccccc4n(-c4ccccc4)c3c2)c1. The molecule has 1 heterocycles. The van der Waals surface area contributed by atoms with Gasteiger partial charge in [0.2, 0.25) is 0 Å². The molecule has 0 aliphatic carbocycles. The van der Waals surface area contributed by atoms with Crippen LogP contribution in [0.3, 0.4) is 0 Å². The fraction of sp³-hybridized carbons (Fsp3) is 0. The molecule has 0 unspecified atom stereocenters. The van der Waals surface area contributed by atoms with Gasteiger partial charge in [-0.25, -0.2) is 0 Å². The van der Waals surface area contributed by atoms with E-state index in [0.717, 1.165) is 4.47 Å². The van der Waals surface area contributed by atoms with Crippen LogP contribution in [0.25, 0.3) is 38.6 Å². The summed E-state index contributed by atoms with van der Waals surface area (Å²) in [5.74, 6) is 0. The van der Waals surface area contributed by atoms with Gasteiger partial charge in [0, 0.05) is 20.9 Å². The second-order valence-corrected chi connectivity index (χ2v) is 7.35. The zero-order chi connectivity index (χ0) is 17.5. The molecule has 0 N–H and O–H groups in total. The van der Waals surface area contributed by atoms with Crippen molar-refractivity contribution < 1.29 is 0 Å². The molecule has 0 saturated heterocycles. The van der Waals surface area contributed by atoms with E-state index in [2.05, 4.69) is 118 Å². The number of halogens is 1. The lowest BCUT2D eigenvalue weighted by Gasteiger charge is -2.09. The van der Waals surface area contributed by atoms with E-state index in [4.69, 9.17) is 0 Å². The van der Waals surface area contributed by atoms with E-state index in [1.54, 1.807) is 0 Å². The summed E-state index contributed by atoms with van der Waals surface area (Å²) in [5, 5.41) is 2.57. The lowest BCUT2D eigenvalue weighted by Crippen LogP contribution is -1.93. The van der Waals surface area contributed by atoms with Crippen LogP contribution < -0.4 is 0 Å². The number of rotatable bonds is 2. The smallest absolute Gasteiger partial charge is 0.0547 e. The summed E-state index contributed by atoms with van der Waals surface area (Å²) in [6.45, 7) is 0. The lowest BCUT2D eigenvalue weighted by atomic mass is 10.0. The third-order valence-electron chi connectivity index (χ3n) is 4.85. The van der Waals surface area contributed by atoms with Gasteiger partial charge in [-0.3, -0.25) is 0 Å². The van der Waals surface area contributed by atoms with Crippen molar-refractivity contribution in [3.05, 3.63) is 102 Å². The zero-order valence-corrected chi connectivity index (χ0v) is 15.6. The third kappa shape index (κ3) is 2.46. The molecule has 0 amide bonds. The molecule has 5 aromatic rings. The highest BCUT2D eigenvalue weighted by atomic mass is 79.9. The maximum Gasteiger partial charge on any atom is 0.0547 e. The topological polar surface area (TPSA) is 4.93 Å². The monoisotopic (exact) mass is 397 g/mol. The molecule has 0 radical (unpaired) electrons. The van der Waals surface area contributed by atoms with Gasteiger partial charge in [0.05, 0.1) is 11.0 Å². The van der Waals surface area contributed by atoms with E-state index in [0.29, 0.717) is 0 Å². The Morgan fingerprint density at radius 2 is 1.27 bits per heavy atom. The first kappa shape index (κ1) is 15.4. The van der Waals surface area contributed by atoms with Gasteiger partial charge in [-0.2, -0.15) is 0 Å². The Morgan fingerprint density at radius 1 is 0.538 bits per heavy atom. The zero-order valence-electron chi connectivity index (χ0n) is 14.1. The number of fused-ring (bicyclic) bond motifs is 3. The minimum atomic E-state index is 1.10. The van der Waals surface area contributed by atoms with Crippen LogP contribution in [0.2, 0.25) is 0 Å². The van der Waals surface area contributed by atoms with Gasteiger partial charge in [0.25, 0.3) is 0 Å². The van der Waals surface area contributed by atoms with Crippen molar-refractivity contribution in [2.45, 2.75) is 0 Å². The Balaban J connectivity index is 1.86. The average molecular weight is 398 g/mol.